The minimum Gasteiger partial charge on any atom is -0.370 e. The zero-order chi connectivity index (χ0) is 15.5. The van der Waals surface area contributed by atoms with E-state index in [1.54, 1.807) is 0 Å². The molecule has 1 aliphatic carbocycles. The lowest BCUT2D eigenvalue weighted by Gasteiger charge is -2.14. The predicted octanol–water partition coefficient (Wildman–Crippen LogP) is 3.85. The van der Waals surface area contributed by atoms with Crippen molar-refractivity contribution in [2.45, 2.75) is 51.6 Å². The first-order chi connectivity index (χ1) is 9.90. The van der Waals surface area contributed by atoms with E-state index in [2.05, 4.69) is 20.6 Å². The highest BCUT2D eigenvalue weighted by Crippen LogP contribution is 2.39. The van der Waals surface area contributed by atoms with Gasteiger partial charge in [0.25, 0.3) is 0 Å². The molecule has 0 aliphatic heterocycles. The van der Waals surface area contributed by atoms with E-state index in [4.69, 9.17) is 0 Å². The fourth-order valence-electron chi connectivity index (χ4n) is 2.07. The van der Waals surface area contributed by atoms with E-state index in [1.165, 1.54) is 0 Å². The lowest BCUT2D eigenvalue weighted by Crippen LogP contribution is -2.14. The van der Waals surface area contributed by atoms with Gasteiger partial charge in [0.1, 0.15) is 17.5 Å². The van der Waals surface area contributed by atoms with Crippen molar-refractivity contribution < 1.29 is 13.2 Å². The molecule has 0 saturated heterocycles. The van der Waals surface area contributed by atoms with E-state index in [-0.39, 0.29) is 13.0 Å². The lowest BCUT2D eigenvalue weighted by atomic mass is 10.2. The van der Waals surface area contributed by atoms with Crippen molar-refractivity contribution in [2.75, 3.05) is 23.7 Å². The summed E-state index contributed by atoms with van der Waals surface area (Å²) in [7, 11) is 0. The summed E-state index contributed by atoms with van der Waals surface area (Å²) < 4.78 is 36.4. The minimum absolute atomic E-state index is 0.0439. The molecule has 1 aromatic rings. The van der Waals surface area contributed by atoms with Crippen molar-refractivity contribution in [1.29, 1.82) is 0 Å². The normalized spacial score (nSPS) is 15.1. The molecule has 0 bridgehead atoms. The molecule has 1 aromatic heterocycles. The van der Waals surface area contributed by atoms with Crippen LogP contribution in [0.1, 0.15) is 49.9 Å². The largest absolute Gasteiger partial charge is 0.389 e. The van der Waals surface area contributed by atoms with Crippen LogP contribution in [0.4, 0.5) is 24.8 Å². The number of halogens is 3. The number of aromatic nitrogens is 2. The fraction of sp³-hybridized carbons (Fsp3) is 0.714. The molecule has 7 heteroatoms. The molecular formula is C14H21F3N4. The van der Waals surface area contributed by atoms with Crippen LogP contribution >= 0.6 is 0 Å². The Bertz CT molecular complexity index is 484. The summed E-state index contributed by atoms with van der Waals surface area (Å²) >= 11 is 0. The van der Waals surface area contributed by atoms with Gasteiger partial charge in [0, 0.05) is 31.0 Å². The Labute approximate surface area is 122 Å². The van der Waals surface area contributed by atoms with E-state index in [9.17, 15) is 13.2 Å². The summed E-state index contributed by atoms with van der Waals surface area (Å²) in [5, 5.41) is 6.20. The van der Waals surface area contributed by atoms with Gasteiger partial charge in [-0.05, 0) is 33.1 Å². The predicted molar refractivity (Wildman–Crippen MR) is 76.7 cm³/mol. The molecule has 0 aromatic carbocycles. The number of rotatable bonds is 7. The van der Waals surface area contributed by atoms with Crippen molar-refractivity contribution in [2.24, 2.45) is 0 Å². The Morgan fingerprint density at radius 1 is 1.14 bits per heavy atom. The molecule has 1 aliphatic rings. The van der Waals surface area contributed by atoms with Gasteiger partial charge >= 0.3 is 6.18 Å². The molecule has 2 N–H and O–H groups in total. The van der Waals surface area contributed by atoms with Gasteiger partial charge in [0.2, 0.25) is 0 Å². The Kier molecular flexibility index (Phi) is 4.90. The monoisotopic (exact) mass is 302 g/mol. The van der Waals surface area contributed by atoms with Gasteiger partial charge < -0.3 is 10.6 Å². The first kappa shape index (κ1) is 15.9. The van der Waals surface area contributed by atoms with E-state index < -0.39 is 12.6 Å². The number of nitrogens with one attached hydrogen (secondary N) is 2. The molecule has 0 radical (unpaired) electrons. The topological polar surface area (TPSA) is 49.8 Å². The molecule has 1 heterocycles. The van der Waals surface area contributed by atoms with Crippen LogP contribution in [0.5, 0.6) is 0 Å². The van der Waals surface area contributed by atoms with Crippen molar-refractivity contribution in [3.63, 3.8) is 0 Å². The Morgan fingerprint density at radius 3 is 2.29 bits per heavy atom. The average Bonchev–Trinajstić information content (AvgIpc) is 3.22. The molecule has 0 atom stereocenters. The van der Waals surface area contributed by atoms with Gasteiger partial charge in [-0.3, -0.25) is 0 Å². The molecule has 1 fully saturated rings. The van der Waals surface area contributed by atoms with E-state index in [0.717, 1.165) is 36.6 Å². The standard InChI is InChI=1S/C14H21F3N4/c1-3-18-11-9(2)12(19-8-4-7-14(15,16)17)21-13(20-11)10-5-6-10/h10H,3-8H2,1-2H3,(H2,18,19,20,21). The summed E-state index contributed by atoms with van der Waals surface area (Å²) in [6.45, 7) is 4.86. The summed E-state index contributed by atoms with van der Waals surface area (Å²) in [6.07, 6.45) is -2.66. The molecule has 4 nitrogen and oxygen atoms in total. The quantitative estimate of drug-likeness (QED) is 0.751. The van der Waals surface area contributed by atoms with Crippen molar-refractivity contribution >= 4 is 11.6 Å². The van der Waals surface area contributed by atoms with Crippen LogP contribution in [0.15, 0.2) is 0 Å². The highest BCUT2D eigenvalue weighted by atomic mass is 19.4. The first-order valence-corrected chi connectivity index (χ1v) is 7.33. The van der Waals surface area contributed by atoms with Crippen LogP contribution in [-0.2, 0) is 0 Å². The zero-order valence-corrected chi connectivity index (χ0v) is 12.3. The first-order valence-electron chi connectivity index (χ1n) is 7.33. The van der Waals surface area contributed by atoms with Gasteiger partial charge in [-0.2, -0.15) is 13.2 Å². The lowest BCUT2D eigenvalue weighted by molar-refractivity contribution is -0.134. The van der Waals surface area contributed by atoms with Crippen LogP contribution < -0.4 is 10.6 Å². The van der Waals surface area contributed by atoms with Crippen LogP contribution in [0, 0.1) is 6.92 Å². The maximum absolute atomic E-state index is 12.1. The molecule has 21 heavy (non-hydrogen) atoms. The Hall–Kier alpha value is -1.53. The number of nitrogens with zero attached hydrogens (tertiary/aromatic N) is 2. The number of alkyl halides is 3. The summed E-state index contributed by atoms with van der Waals surface area (Å²) in [6, 6.07) is 0. The third kappa shape index (κ3) is 4.75. The van der Waals surface area contributed by atoms with Crippen LogP contribution in [0.3, 0.4) is 0 Å². The maximum atomic E-state index is 12.1. The van der Waals surface area contributed by atoms with Crippen LogP contribution in [0.2, 0.25) is 0 Å². The maximum Gasteiger partial charge on any atom is 0.389 e. The highest BCUT2D eigenvalue weighted by molar-refractivity contribution is 5.57. The molecule has 0 spiro atoms. The van der Waals surface area contributed by atoms with Gasteiger partial charge in [0.15, 0.2) is 0 Å². The second-order valence-corrected chi connectivity index (χ2v) is 5.35. The van der Waals surface area contributed by atoms with Crippen LogP contribution in [-0.4, -0.2) is 29.2 Å². The number of anilines is 2. The second-order valence-electron chi connectivity index (χ2n) is 5.35. The number of hydrogen-bond donors (Lipinski definition) is 2. The van der Waals surface area contributed by atoms with Gasteiger partial charge in [-0.25, -0.2) is 9.97 Å². The van der Waals surface area contributed by atoms with E-state index >= 15 is 0 Å². The highest BCUT2D eigenvalue weighted by Gasteiger charge is 2.28. The SMILES string of the molecule is CCNc1nc(C2CC2)nc(NCCCC(F)(F)F)c1C. The van der Waals surface area contributed by atoms with Gasteiger partial charge in [0.05, 0.1) is 0 Å². The third-order valence-electron chi connectivity index (χ3n) is 3.38. The van der Waals surface area contributed by atoms with E-state index in [0.29, 0.717) is 11.7 Å². The van der Waals surface area contributed by atoms with Crippen molar-refractivity contribution in [1.82, 2.24) is 9.97 Å². The molecule has 1 saturated carbocycles. The zero-order valence-electron chi connectivity index (χ0n) is 12.3. The molecular weight excluding hydrogens is 281 g/mol. The molecule has 2 rings (SSSR count). The second kappa shape index (κ2) is 6.49. The van der Waals surface area contributed by atoms with Gasteiger partial charge in [-0.1, -0.05) is 0 Å². The van der Waals surface area contributed by atoms with Crippen LogP contribution in [0.25, 0.3) is 0 Å². The average molecular weight is 302 g/mol. The molecule has 0 unspecified atom stereocenters. The Balaban J connectivity index is 2.03. The summed E-state index contributed by atoms with van der Waals surface area (Å²) in [5.74, 6) is 2.60. The summed E-state index contributed by atoms with van der Waals surface area (Å²) in [4.78, 5) is 8.98. The van der Waals surface area contributed by atoms with Crippen molar-refractivity contribution in [3.05, 3.63) is 11.4 Å². The van der Waals surface area contributed by atoms with Gasteiger partial charge in [-0.15, -0.1) is 0 Å². The number of hydrogen-bond acceptors (Lipinski definition) is 4. The third-order valence-corrected chi connectivity index (χ3v) is 3.38. The smallest absolute Gasteiger partial charge is 0.370 e. The molecule has 0 amide bonds. The summed E-state index contributed by atoms with van der Waals surface area (Å²) in [5.41, 5.74) is 0.855. The minimum atomic E-state index is -4.10. The fourth-order valence-corrected chi connectivity index (χ4v) is 2.07. The Morgan fingerprint density at radius 2 is 1.76 bits per heavy atom. The van der Waals surface area contributed by atoms with Crippen molar-refractivity contribution in [3.8, 4) is 0 Å². The molecule has 118 valence electrons. The van der Waals surface area contributed by atoms with E-state index in [1.807, 2.05) is 13.8 Å².